The molecule has 4 aromatic rings. The number of amides is 1. The number of nitrogens with zero attached hydrogens (tertiary/aromatic N) is 5. The minimum atomic E-state index is -0.444. The molecule has 0 unspecified atom stereocenters. The first kappa shape index (κ1) is 21.8. The predicted molar refractivity (Wildman–Crippen MR) is 132 cm³/mol. The van der Waals surface area contributed by atoms with Gasteiger partial charge in [-0.05, 0) is 30.5 Å². The Kier molecular flexibility index (Phi) is 5.67. The van der Waals surface area contributed by atoms with E-state index in [1.54, 1.807) is 0 Å². The number of nitrogens with one attached hydrogen (secondary N) is 3. The van der Waals surface area contributed by atoms with Crippen LogP contribution in [0.1, 0.15) is 18.4 Å². The summed E-state index contributed by atoms with van der Waals surface area (Å²) in [4.78, 5) is 14.8. The Hall–Kier alpha value is -3.76. The highest BCUT2D eigenvalue weighted by Gasteiger charge is 2.45. The number of ether oxygens (including phenoxy) is 1. The quantitative estimate of drug-likeness (QED) is 0.337. The molecule has 1 amide bonds. The van der Waals surface area contributed by atoms with Gasteiger partial charge in [0.05, 0.1) is 38.0 Å². The van der Waals surface area contributed by atoms with Crippen molar-refractivity contribution in [1.29, 1.82) is 0 Å². The van der Waals surface area contributed by atoms with Crippen molar-refractivity contribution in [2.45, 2.75) is 25.0 Å². The molecular formula is C25H28N8O2. The first-order chi connectivity index (χ1) is 17.2. The summed E-state index contributed by atoms with van der Waals surface area (Å²) in [6, 6.07) is 16.3. The van der Waals surface area contributed by atoms with Crippen molar-refractivity contribution >= 4 is 22.6 Å². The van der Waals surface area contributed by atoms with Crippen molar-refractivity contribution in [3.05, 3.63) is 60.3 Å². The van der Waals surface area contributed by atoms with Crippen molar-refractivity contribution in [3.63, 3.8) is 0 Å². The predicted octanol–water partition coefficient (Wildman–Crippen LogP) is 2.22. The van der Waals surface area contributed by atoms with E-state index >= 15 is 0 Å². The molecule has 6 rings (SSSR count). The number of hydrogen-bond donors (Lipinski definition) is 3. The molecule has 180 valence electrons. The van der Waals surface area contributed by atoms with E-state index < -0.39 is 5.66 Å². The largest absolute Gasteiger partial charge is 0.379 e. The highest BCUT2D eigenvalue weighted by molar-refractivity contribution is 5.93. The van der Waals surface area contributed by atoms with E-state index in [1.807, 2.05) is 41.2 Å². The molecule has 1 saturated heterocycles. The Morgan fingerprint density at radius 1 is 1.11 bits per heavy atom. The van der Waals surface area contributed by atoms with Crippen LogP contribution in [0.3, 0.4) is 0 Å². The first-order valence-corrected chi connectivity index (χ1v) is 12.0. The molecule has 2 aliphatic rings. The van der Waals surface area contributed by atoms with Crippen LogP contribution in [0, 0.1) is 0 Å². The lowest BCUT2D eigenvalue weighted by Gasteiger charge is -2.27. The monoisotopic (exact) mass is 472 g/mol. The highest BCUT2D eigenvalue weighted by Crippen LogP contribution is 2.38. The molecule has 0 bridgehead atoms. The van der Waals surface area contributed by atoms with Crippen molar-refractivity contribution in [3.8, 4) is 11.3 Å². The Balaban J connectivity index is 1.16. The van der Waals surface area contributed by atoms with E-state index in [2.05, 4.69) is 54.2 Å². The van der Waals surface area contributed by atoms with Gasteiger partial charge >= 0.3 is 0 Å². The van der Waals surface area contributed by atoms with Crippen molar-refractivity contribution in [2.24, 2.45) is 0 Å². The number of aromatic amines is 1. The summed E-state index contributed by atoms with van der Waals surface area (Å²) in [5.41, 5.74) is 3.41. The Labute approximate surface area is 202 Å². The van der Waals surface area contributed by atoms with E-state index in [0.717, 1.165) is 53.9 Å². The number of morpholine rings is 1. The number of anilines is 1. The Morgan fingerprint density at radius 3 is 2.74 bits per heavy atom. The number of carbonyl (C=O) groups is 1. The molecule has 3 heterocycles. The van der Waals surface area contributed by atoms with Gasteiger partial charge in [-0.1, -0.05) is 41.6 Å². The Bertz CT molecular complexity index is 1320. The van der Waals surface area contributed by atoms with Gasteiger partial charge in [-0.15, -0.1) is 5.10 Å². The zero-order valence-corrected chi connectivity index (χ0v) is 19.4. The lowest BCUT2D eigenvalue weighted by atomic mass is 10.1. The van der Waals surface area contributed by atoms with E-state index in [4.69, 9.17) is 4.74 Å². The van der Waals surface area contributed by atoms with Crippen molar-refractivity contribution < 1.29 is 9.53 Å². The molecule has 10 nitrogen and oxygen atoms in total. The summed E-state index contributed by atoms with van der Waals surface area (Å²) in [7, 11) is 0. The minimum absolute atomic E-state index is 0.0208. The van der Waals surface area contributed by atoms with Gasteiger partial charge in [0.15, 0.2) is 5.82 Å². The van der Waals surface area contributed by atoms with Crippen LogP contribution in [0.4, 0.5) is 5.82 Å². The zero-order chi connectivity index (χ0) is 23.7. The van der Waals surface area contributed by atoms with Crippen molar-refractivity contribution in [1.82, 2.24) is 35.4 Å². The third-order valence-electron chi connectivity index (χ3n) is 6.54. The third-order valence-corrected chi connectivity index (χ3v) is 6.54. The first-order valence-electron chi connectivity index (χ1n) is 12.0. The van der Waals surface area contributed by atoms with E-state index in [1.165, 1.54) is 5.56 Å². The van der Waals surface area contributed by atoms with E-state index in [0.29, 0.717) is 26.3 Å². The molecule has 10 heteroatoms. The summed E-state index contributed by atoms with van der Waals surface area (Å²) < 4.78 is 7.21. The topological polar surface area (TPSA) is 113 Å². The van der Waals surface area contributed by atoms with Crippen LogP contribution >= 0.6 is 0 Å². The standard InChI is InChI=1S/C25H28N8O2/c34-23(17-32-10-12-35-13-11-32)26-25(8-9-25)27-24-20-14-19(6-7-21(20)28-30-24)22-16-33(31-29-22)15-18-4-2-1-3-5-18/h1-7,14,16H,8-13,15,17H2,(H,26,34)(H2,27,28,30). The van der Waals surface area contributed by atoms with Gasteiger partial charge in [0.1, 0.15) is 11.4 Å². The van der Waals surface area contributed by atoms with Crippen LogP contribution in [-0.2, 0) is 16.1 Å². The zero-order valence-electron chi connectivity index (χ0n) is 19.4. The van der Waals surface area contributed by atoms with Crippen LogP contribution in [0.5, 0.6) is 0 Å². The van der Waals surface area contributed by atoms with Crippen LogP contribution in [0.15, 0.2) is 54.7 Å². The number of hydrogen-bond acceptors (Lipinski definition) is 7. The summed E-state index contributed by atoms with van der Waals surface area (Å²) in [5.74, 6) is 0.746. The molecule has 3 N–H and O–H groups in total. The van der Waals surface area contributed by atoms with Gasteiger partial charge in [0.25, 0.3) is 0 Å². The number of fused-ring (bicyclic) bond motifs is 1. The lowest BCUT2D eigenvalue weighted by molar-refractivity contribution is -0.124. The minimum Gasteiger partial charge on any atom is -0.379 e. The lowest BCUT2D eigenvalue weighted by Crippen LogP contribution is -2.49. The number of benzene rings is 2. The van der Waals surface area contributed by atoms with Crippen molar-refractivity contribution in [2.75, 3.05) is 38.2 Å². The maximum absolute atomic E-state index is 12.7. The second-order valence-electron chi connectivity index (χ2n) is 9.26. The van der Waals surface area contributed by atoms with Gasteiger partial charge in [-0.2, -0.15) is 5.10 Å². The molecule has 1 saturated carbocycles. The Morgan fingerprint density at radius 2 is 1.94 bits per heavy atom. The highest BCUT2D eigenvalue weighted by atomic mass is 16.5. The molecule has 1 aliphatic heterocycles. The summed E-state index contributed by atoms with van der Waals surface area (Å²) >= 11 is 0. The second-order valence-corrected chi connectivity index (χ2v) is 9.26. The molecule has 1 aliphatic carbocycles. The maximum Gasteiger partial charge on any atom is 0.235 e. The van der Waals surface area contributed by atoms with Gasteiger partial charge in [0, 0.05) is 24.0 Å². The van der Waals surface area contributed by atoms with Gasteiger partial charge < -0.3 is 15.4 Å². The molecule has 35 heavy (non-hydrogen) atoms. The fraction of sp³-hybridized carbons (Fsp3) is 0.360. The number of H-pyrrole nitrogens is 1. The number of aromatic nitrogens is 5. The summed E-state index contributed by atoms with van der Waals surface area (Å²) in [6.07, 6.45) is 3.68. The molecule has 2 aromatic heterocycles. The summed E-state index contributed by atoms with van der Waals surface area (Å²) in [6.45, 7) is 3.99. The normalized spacial score (nSPS) is 17.4. The number of carbonyl (C=O) groups excluding carboxylic acids is 1. The second kappa shape index (κ2) is 9.12. The van der Waals surface area contributed by atoms with Gasteiger partial charge in [-0.25, -0.2) is 4.68 Å². The average Bonchev–Trinajstić information content (AvgIpc) is 3.27. The molecular weight excluding hydrogens is 444 g/mol. The molecule has 0 spiro atoms. The van der Waals surface area contributed by atoms with Gasteiger partial charge in [0.2, 0.25) is 5.91 Å². The maximum atomic E-state index is 12.7. The third kappa shape index (κ3) is 4.89. The number of rotatable bonds is 8. The van der Waals surface area contributed by atoms with Crippen LogP contribution in [0.25, 0.3) is 22.2 Å². The molecule has 2 fully saturated rings. The van der Waals surface area contributed by atoms with E-state index in [-0.39, 0.29) is 5.91 Å². The SMILES string of the molecule is O=C(CN1CCOCC1)NC1(Nc2n[nH]c3ccc(-c4cn(Cc5ccccc5)nn4)cc23)CC1. The van der Waals surface area contributed by atoms with Crippen LogP contribution in [-0.4, -0.2) is 74.5 Å². The molecule has 2 aromatic carbocycles. The molecule has 0 atom stereocenters. The van der Waals surface area contributed by atoms with Crippen LogP contribution in [0.2, 0.25) is 0 Å². The summed E-state index contributed by atoms with van der Waals surface area (Å²) in [5, 5.41) is 23.9. The van der Waals surface area contributed by atoms with Gasteiger partial charge in [-0.3, -0.25) is 14.8 Å². The van der Waals surface area contributed by atoms with Crippen LogP contribution < -0.4 is 10.6 Å². The smallest absolute Gasteiger partial charge is 0.235 e. The fourth-order valence-corrected chi connectivity index (χ4v) is 4.45. The van der Waals surface area contributed by atoms with E-state index in [9.17, 15) is 4.79 Å². The average molecular weight is 473 g/mol. The fourth-order valence-electron chi connectivity index (χ4n) is 4.45. The molecule has 0 radical (unpaired) electrons.